The molecule has 1 aromatic carbocycles. The largest absolute Gasteiger partial charge is 0.292 e. The molecule has 27 heavy (non-hydrogen) atoms. The minimum absolute atomic E-state index is 0.196. The van der Waals surface area contributed by atoms with E-state index in [4.69, 9.17) is 0 Å². The molecule has 0 amide bonds. The molecular formula is C23H24FN3. The molecule has 0 radical (unpaired) electrons. The van der Waals surface area contributed by atoms with Crippen LogP contribution < -0.4 is 0 Å². The summed E-state index contributed by atoms with van der Waals surface area (Å²) in [6, 6.07) is 15.6. The lowest BCUT2D eigenvalue weighted by molar-refractivity contribution is 0.140. The van der Waals surface area contributed by atoms with Crippen molar-refractivity contribution >= 4 is 0 Å². The van der Waals surface area contributed by atoms with Crippen LogP contribution in [0.15, 0.2) is 67.1 Å². The lowest BCUT2D eigenvalue weighted by atomic mass is 9.95. The van der Waals surface area contributed by atoms with Crippen LogP contribution in [0.5, 0.6) is 0 Å². The van der Waals surface area contributed by atoms with E-state index in [1.54, 1.807) is 12.1 Å². The van der Waals surface area contributed by atoms with E-state index in [0.29, 0.717) is 12.5 Å². The Morgan fingerprint density at radius 3 is 2.67 bits per heavy atom. The molecule has 3 heterocycles. The number of nitrogens with zero attached hydrogens (tertiary/aromatic N) is 3. The van der Waals surface area contributed by atoms with Crippen LogP contribution in [0, 0.1) is 5.82 Å². The zero-order chi connectivity index (χ0) is 18.5. The normalized spacial score (nSPS) is 17.7. The number of benzene rings is 1. The molecule has 3 aromatic rings. The van der Waals surface area contributed by atoms with E-state index in [1.807, 2.05) is 24.7 Å². The van der Waals surface area contributed by atoms with Crippen LogP contribution in [0.25, 0.3) is 0 Å². The molecule has 4 heteroatoms. The number of aromatic nitrogens is 2. The van der Waals surface area contributed by atoms with Gasteiger partial charge in [-0.15, -0.1) is 0 Å². The fraction of sp³-hybridized carbons (Fsp3) is 0.304. The van der Waals surface area contributed by atoms with Gasteiger partial charge in [0.25, 0.3) is 0 Å². The van der Waals surface area contributed by atoms with Crippen LogP contribution in [-0.2, 0) is 13.0 Å². The average Bonchev–Trinajstić information content (AvgIpc) is 2.70. The minimum Gasteiger partial charge on any atom is -0.292 e. The van der Waals surface area contributed by atoms with E-state index in [9.17, 15) is 4.39 Å². The molecule has 0 aliphatic carbocycles. The van der Waals surface area contributed by atoms with Crippen molar-refractivity contribution in [2.24, 2.45) is 0 Å². The summed E-state index contributed by atoms with van der Waals surface area (Å²) >= 11 is 0. The molecule has 2 aromatic heterocycles. The van der Waals surface area contributed by atoms with Gasteiger partial charge in [0, 0.05) is 43.3 Å². The molecule has 0 saturated carbocycles. The predicted molar refractivity (Wildman–Crippen MR) is 105 cm³/mol. The smallest absolute Gasteiger partial charge is 0.123 e. The van der Waals surface area contributed by atoms with Gasteiger partial charge in [-0.2, -0.15) is 0 Å². The first kappa shape index (κ1) is 17.8. The highest BCUT2D eigenvalue weighted by Gasteiger charge is 2.24. The second-order valence-electron chi connectivity index (χ2n) is 7.23. The highest BCUT2D eigenvalue weighted by Crippen LogP contribution is 2.31. The molecule has 1 aliphatic heterocycles. The standard InChI is InChI=1S/C23H24FN3/c24-21-5-3-4-19(14-21)15-22-8-7-20(16-26-22)23-6-1-2-13-27(23)17-18-9-11-25-12-10-18/h3-5,7-12,14,16,23H,1-2,6,13,15,17H2/t23-/m1/s1. The number of rotatable bonds is 5. The molecule has 138 valence electrons. The van der Waals surface area contributed by atoms with Crippen molar-refractivity contribution < 1.29 is 4.39 Å². The Labute approximate surface area is 159 Å². The van der Waals surface area contributed by atoms with E-state index < -0.39 is 0 Å². The molecule has 1 fully saturated rings. The van der Waals surface area contributed by atoms with Crippen LogP contribution in [0.3, 0.4) is 0 Å². The van der Waals surface area contributed by atoms with E-state index >= 15 is 0 Å². The van der Waals surface area contributed by atoms with E-state index in [2.05, 4.69) is 39.1 Å². The maximum atomic E-state index is 13.4. The average molecular weight is 361 g/mol. The SMILES string of the molecule is Fc1cccc(Cc2ccc([C@H]3CCCCN3Cc3ccncc3)cn2)c1. The van der Waals surface area contributed by atoms with Gasteiger partial charge in [0.2, 0.25) is 0 Å². The van der Waals surface area contributed by atoms with Crippen molar-refractivity contribution in [2.45, 2.75) is 38.3 Å². The lowest BCUT2D eigenvalue weighted by Crippen LogP contribution is -2.33. The van der Waals surface area contributed by atoms with Crippen LogP contribution in [0.4, 0.5) is 4.39 Å². The molecule has 4 rings (SSSR count). The summed E-state index contributed by atoms with van der Waals surface area (Å²) in [6.45, 7) is 2.05. The molecule has 0 bridgehead atoms. The maximum absolute atomic E-state index is 13.4. The summed E-state index contributed by atoms with van der Waals surface area (Å²) < 4.78 is 13.4. The Hall–Kier alpha value is -2.59. The Balaban J connectivity index is 1.47. The molecular weight excluding hydrogens is 337 g/mol. The van der Waals surface area contributed by atoms with Gasteiger partial charge in [-0.25, -0.2) is 4.39 Å². The summed E-state index contributed by atoms with van der Waals surface area (Å²) in [6.07, 6.45) is 10.0. The van der Waals surface area contributed by atoms with Crippen molar-refractivity contribution in [3.63, 3.8) is 0 Å². The Morgan fingerprint density at radius 1 is 1.00 bits per heavy atom. The maximum Gasteiger partial charge on any atom is 0.123 e. The van der Waals surface area contributed by atoms with Gasteiger partial charge in [0.05, 0.1) is 0 Å². The van der Waals surface area contributed by atoms with Crippen LogP contribution in [0.2, 0.25) is 0 Å². The summed E-state index contributed by atoms with van der Waals surface area (Å²) in [7, 11) is 0. The van der Waals surface area contributed by atoms with Crippen molar-refractivity contribution in [1.82, 2.24) is 14.9 Å². The second-order valence-corrected chi connectivity index (χ2v) is 7.23. The third-order valence-electron chi connectivity index (χ3n) is 5.26. The fourth-order valence-corrected chi connectivity index (χ4v) is 3.87. The van der Waals surface area contributed by atoms with Crippen LogP contribution >= 0.6 is 0 Å². The molecule has 0 spiro atoms. The van der Waals surface area contributed by atoms with Crippen LogP contribution in [0.1, 0.15) is 47.7 Å². The Kier molecular flexibility index (Phi) is 5.54. The molecule has 1 aliphatic rings. The number of hydrogen-bond acceptors (Lipinski definition) is 3. The topological polar surface area (TPSA) is 29.0 Å². The third-order valence-corrected chi connectivity index (χ3v) is 5.26. The van der Waals surface area contributed by atoms with Gasteiger partial charge in [0.1, 0.15) is 5.82 Å². The van der Waals surface area contributed by atoms with Gasteiger partial charge in [-0.1, -0.05) is 24.6 Å². The first-order valence-corrected chi connectivity index (χ1v) is 9.60. The number of halogens is 1. The third kappa shape index (κ3) is 4.58. The van der Waals surface area contributed by atoms with Crippen molar-refractivity contribution in [3.8, 4) is 0 Å². The molecule has 3 nitrogen and oxygen atoms in total. The predicted octanol–water partition coefficient (Wildman–Crippen LogP) is 4.93. The first-order valence-electron chi connectivity index (χ1n) is 9.60. The van der Waals surface area contributed by atoms with Gasteiger partial charge in [-0.3, -0.25) is 14.9 Å². The van der Waals surface area contributed by atoms with E-state index in [-0.39, 0.29) is 5.82 Å². The van der Waals surface area contributed by atoms with Crippen molar-refractivity contribution in [3.05, 3.63) is 95.3 Å². The zero-order valence-corrected chi connectivity index (χ0v) is 15.4. The Morgan fingerprint density at radius 2 is 1.89 bits per heavy atom. The molecule has 0 unspecified atom stereocenters. The van der Waals surface area contributed by atoms with Gasteiger partial charge < -0.3 is 0 Å². The number of likely N-dealkylation sites (tertiary alicyclic amines) is 1. The van der Waals surface area contributed by atoms with Crippen molar-refractivity contribution in [1.29, 1.82) is 0 Å². The van der Waals surface area contributed by atoms with Gasteiger partial charge in [-0.05, 0) is 66.4 Å². The summed E-state index contributed by atoms with van der Waals surface area (Å²) in [5.74, 6) is -0.196. The van der Waals surface area contributed by atoms with Gasteiger partial charge in [0.15, 0.2) is 0 Å². The molecule has 1 atom stereocenters. The molecule has 0 N–H and O–H groups in total. The zero-order valence-electron chi connectivity index (χ0n) is 15.4. The highest BCUT2D eigenvalue weighted by atomic mass is 19.1. The van der Waals surface area contributed by atoms with Crippen molar-refractivity contribution in [2.75, 3.05) is 6.54 Å². The minimum atomic E-state index is -0.196. The Bertz CT molecular complexity index is 864. The number of pyridine rings is 2. The molecule has 1 saturated heterocycles. The summed E-state index contributed by atoms with van der Waals surface area (Å²) in [4.78, 5) is 11.3. The monoisotopic (exact) mass is 361 g/mol. The fourth-order valence-electron chi connectivity index (χ4n) is 3.87. The quantitative estimate of drug-likeness (QED) is 0.645. The van der Waals surface area contributed by atoms with Crippen LogP contribution in [-0.4, -0.2) is 21.4 Å². The lowest BCUT2D eigenvalue weighted by Gasteiger charge is -2.36. The highest BCUT2D eigenvalue weighted by molar-refractivity contribution is 5.25. The number of piperidine rings is 1. The summed E-state index contributed by atoms with van der Waals surface area (Å²) in [5.41, 5.74) is 4.49. The van der Waals surface area contributed by atoms with E-state index in [0.717, 1.165) is 30.8 Å². The van der Waals surface area contributed by atoms with Gasteiger partial charge >= 0.3 is 0 Å². The number of hydrogen-bond donors (Lipinski definition) is 0. The summed E-state index contributed by atoms with van der Waals surface area (Å²) in [5, 5.41) is 0. The second kappa shape index (κ2) is 8.40. The van der Waals surface area contributed by atoms with E-state index in [1.165, 1.54) is 30.0 Å². The first-order chi connectivity index (χ1) is 13.3.